The van der Waals surface area contributed by atoms with Crippen LogP contribution in [0.25, 0.3) is 0 Å². The molecule has 28 heavy (non-hydrogen) atoms. The van der Waals surface area contributed by atoms with Crippen molar-refractivity contribution in [1.82, 2.24) is 0 Å². The van der Waals surface area contributed by atoms with Crippen LogP contribution in [-0.4, -0.2) is 32.3 Å². The van der Waals surface area contributed by atoms with Gasteiger partial charge in [-0.15, -0.1) is 12.4 Å². The van der Waals surface area contributed by atoms with Crippen LogP contribution in [0.5, 0.6) is 17.2 Å². The van der Waals surface area contributed by atoms with Gasteiger partial charge in [-0.05, 0) is 12.1 Å². The molecule has 0 bridgehead atoms. The van der Waals surface area contributed by atoms with Gasteiger partial charge in [0.25, 0.3) is 0 Å². The van der Waals surface area contributed by atoms with E-state index in [2.05, 4.69) is 5.32 Å². The van der Waals surface area contributed by atoms with E-state index in [0.717, 1.165) is 0 Å². The Morgan fingerprint density at radius 1 is 1.25 bits per heavy atom. The summed E-state index contributed by atoms with van der Waals surface area (Å²) >= 11 is 0. The lowest BCUT2D eigenvalue weighted by Crippen LogP contribution is -2.28. The van der Waals surface area contributed by atoms with Crippen LogP contribution >= 0.6 is 12.4 Å². The first-order valence-electron chi connectivity index (χ1n) is 8.50. The summed E-state index contributed by atoms with van der Waals surface area (Å²) in [4.78, 5) is 26.7. The van der Waals surface area contributed by atoms with Crippen LogP contribution in [0.3, 0.4) is 0 Å². The Bertz CT molecular complexity index is 920. The summed E-state index contributed by atoms with van der Waals surface area (Å²) in [5.41, 5.74) is 7.45. The lowest BCUT2D eigenvalue weighted by molar-refractivity contribution is -0.122. The van der Waals surface area contributed by atoms with Crippen molar-refractivity contribution < 1.29 is 23.8 Å². The highest BCUT2D eigenvalue weighted by Crippen LogP contribution is 2.39. The van der Waals surface area contributed by atoms with Crippen molar-refractivity contribution in [3.8, 4) is 17.2 Å². The summed E-state index contributed by atoms with van der Waals surface area (Å²) in [6, 6.07) is 10.5. The fraction of sp³-hybridized carbons (Fsp3) is 0.263. The van der Waals surface area contributed by atoms with Crippen LogP contribution in [0.15, 0.2) is 36.4 Å². The van der Waals surface area contributed by atoms with Gasteiger partial charge in [0, 0.05) is 25.1 Å². The Kier molecular flexibility index (Phi) is 5.51. The lowest BCUT2D eigenvalue weighted by atomic mass is 10.1. The van der Waals surface area contributed by atoms with Crippen molar-refractivity contribution in [2.45, 2.75) is 6.42 Å². The molecule has 148 valence electrons. The number of fused-ring (bicyclic) bond motifs is 1. The third kappa shape index (κ3) is 3.50. The molecule has 2 aromatic rings. The fourth-order valence-corrected chi connectivity index (χ4v) is 3.27. The Balaban J connectivity index is 0.00000225. The first-order chi connectivity index (χ1) is 13.1. The number of carbonyl (C=O) groups excluding carboxylic acids is 2. The van der Waals surface area contributed by atoms with E-state index in [0.29, 0.717) is 34.3 Å². The molecule has 2 amide bonds. The highest BCUT2D eigenvalue weighted by molar-refractivity contribution is 6.05. The largest absolute Gasteiger partial charge is 0.495 e. The number of rotatable bonds is 4. The van der Waals surface area contributed by atoms with Gasteiger partial charge in [0.05, 0.1) is 30.1 Å². The molecule has 1 unspecified atom stereocenters. The number of nitrogen functional groups attached to an aromatic ring is 1. The van der Waals surface area contributed by atoms with Crippen molar-refractivity contribution in [2.24, 2.45) is 5.92 Å². The SMILES string of the molecule is COc1ccccc1N1CC(C(=O)Nc2cc3c(cc2N)OCO3)CC1=O.Cl. The minimum absolute atomic E-state index is 0. The fourth-order valence-electron chi connectivity index (χ4n) is 3.27. The Morgan fingerprint density at radius 2 is 1.96 bits per heavy atom. The van der Waals surface area contributed by atoms with E-state index in [4.69, 9.17) is 19.9 Å². The maximum Gasteiger partial charge on any atom is 0.231 e. The van der Waals surface area contributed by atoms with Crippen molar-refractivity contribution in [2.75, 3.05) is 36.4 Å². The van der Waals surface area contributed by atoms with Gasteiger partial charge in [-0.2, -0.15) is 0 Å². The van der Waals surface area contributed by atoms with E-state index >= 15 is 0 Å². The lowest BCUT2D eigenvalue weighted by Gasteiger charge is -2.19. The van der Waals surface area contributed by atoms with Gasteiger partial charge in [-0.3, -0.25) is 9.59 Å². The molecule has 1 atom stereocenters. The third-order valence-electron chi connectivity index (χ3n) is 4.67. The monoisotopic (exact) mass is 405 g/mol. The molecule has 0 radical (unpaired) electrons. The number of hydrogen-bond acceptors (Lipinski definition) is 6. The van der Waals surface area contributed by atoms with E-state index in [1.54, 1.807) is 36.3 Å². The maximum atomic E-state index is 12.7. The molecule has 3 N–H and O–H groups in total. The maximum absolute atomic E-state index is 12.7. The van der Waals surface area contributed by atoms with Gasteiger partial charge in [-0.1, -0.05) is 12.1 Å². The molecule has 2 aliphatic heterocycles. The first-order valence-corrected chi connectivity index (χ1v) is 8.50. The van der Waals surface area contributed by atoms with Gasteiger partial charge >= 0.3 is 0 Å². The highest BCUT2D eigenvalue weighted by Gasteiger charge is 2.36. The standard InChI is InChI=1S/C19H19N3O5.ClH/c1-25-15-5-3-2-4-14(15)22-9-11(6-18(22)23)19(24)21-13-8-17-16(7-12(13)20)26-10-27-17;/h2-5,7-8,11H,6,9-10,20H2,1H3,(H,21,24);1H. The predicted molar refractivity (Wildman–Crippen MR) is 106 cm³/mol. The van der Waals surface area contributed by atoms with Crippen LogP contribution in [0.2, 0.25) is 0 Å². The number of hydrogen-bond donors (Lipinski definition) is 2. The average Bonchev–Trinajstić information content (AvgIpc) is 3.28. The highest BCUT2D eigenvalue weighted by atomic mass is 35.5. The molecule has 2 heterocycles. The molecule has 1 fully saturated rings. The van der Waals surface area contributed by atoms with Gasteiger partial charge in [0.15, 0.2) is 11.5 Å². The number of nitrogens with two attached hydrogens (primary N) is 1. The van der Waals surface area contributed by atoms with Crippen molar-refractivity contribution in [3.63, 3.8) is 0 Å². The predicted octanol–water partition coefficient (Wildman–Crippen LogP) is 2.42. The van der Waals surface area contributed by atoms with Gasteiger partial charge in [0.2, 0.25) is 18.6 Å². The minimum atomic E-state index is -0.493. The number of nitrogens with one attached hydrogen (secondary N) is 1. The average molecular weight is 406 g/mol. The Labute approximate surface area is 167 Å². The summed E-state index contributed by atoms with van der Waals surface area (Å²) in [5, 5.41) is 2.79. The number of para-hydroxylation sites is 2. The molecule has 2 aromatic carbocycles. The molecular weight excluding hydrogens is 386 g/mol. The smallest absolute Gasteiger partial charge is 0.231 e. The van der Waals surface area contributed by atoms with Crippen LogP contribution < -0.4 is 30.2 Å². The Morgan fingerprint density at radius 3 is 2.71 bits per heavy atom. The molecule has 0 aromatic heterocycles. The zero-order valence-corrected chi connectivity index (χ0v) is 16.0. The zero-order valence-electron chi connectivity index (χ0n) is 15.1. The second kappa shape index (κ2) is 7.85. The summed E-state index contributed by atoms with van der Waals surface area (Å²) in [7, 11) is 1.55. The number of amides is 2. The normalized spacial score (nSPS) is 17.2. The molecule has 2 aliphatic rings. The van der Waals surface area contributed by atoms with E-state index in [-0.39, 0.29) is 44.0 Å². The molecule has 4 rings (SSSR count). The number of halogens is 1. The van der Waals surface area contributed by atoms with Crippen LogP contribution in [0.1, 0.15) is 6.42 Å². The van der Waals surface area contributed by atoms with Crippen molar-refractivity contribution in [1.29, 1.82) is 0 Å². The van der Waals surface area contributed by atoms with Gasteiger partial charge in [0.1, 0.15) is 5.75 Å². The summed E-state index contributed by atoms with van der Waals surface area (Å²) in [6.07, 6.45) is 0.119. The quantitative estimate of drug-likeness (QED) is 0.757. The second-order valence-electron chi connectivity index (χ2n) is 6.36. The summed E-state index contributed by atoms with van der Waals surface area (Å²) < 4.78 is 15.9. The topological polar surface area (TPSA) is 103 Å². The number of methoxy groups -OCH3 is 1. The Hall–Kier alpha value is -3.13. The van der Waals surface area contributed by atoms with E-state index in [1.807, 2.05) is 12.1 Å². The van der Waals surface area contributed by atoms with E-state index in [1.165, 1.54) is 0 Å². The number of carbonyl (C=O) groups is 2. The minimum Gasteiger partial charge on any atom is -0.495 e. The molecule has 8 nitrogen and oxygen atoms in total. The zero-order chi connectivity index (χ0) is 19.0. The first kappa shape index (κ1) is 19.6. The van der Waals surface area contributed by atoms with Crippen LogP contribution in [0, 0.1) is 5.92 Å². The van der Waals surface area contributed by atoms with E-state index in [9.17, 15) is 9.59 Å². The molecule has 0 saturated carbocycles. The number of ether oxygens (including phenoxy) is 3. The van der Waals surface area contributed by atoms with Gasteiger partial charge < -0.3 is 30.2 Å². The molecule has 0 spiro atoms. The summed E-state index contributed by atoms with van der Waals surface area (Å²) in [5.74, 6) is 0.769. The number of nitrogens with zero attached hydrogens (tertiary/aromatic N) is 1. The molecular formula is C19H20ClN3O5. The van der Waals surface area contributed by atoms with Crippen molar-refractivity contribution >= 4 is 41.3 Å². The van der Waals surface area contributed by atoms with Crippen LogP contribution in [0.4, 0.5) is 17.1 Å². The molecule has 0 aliphatic carbocycles. The number of benzene rings is 2. The van der Waals surface area contributed by atoms with E-state index < -0.39 is 5.92 Å². The van der Waals surface area contributed by atoms with Crippen molar-refractivity contribution in [3.05, 3.63) is 36.4 Å². The number of anilines is 3. The summed E-state index contributed by atoms with van der Waals surface area (Å²) in [6.45, 7) is 0.396. The van der Waals surface area contributed by atoms with Crippen LogP contribution in [-0.2, 0) is 9.59 Å². The molecule has 9 heteroatoms. The third-order valence-corrected chi connectivity index (χ3v) is 4.67. The van der Waals surface area contributed by atoms with Gasteiger partial charge in [-0.25, -0.2) is 0 Å². The second-order valence-corrected chi connectivity index (χ2v) is 6.36. The molecule has 1 saturated heterocycles.